The maximum absolute atomic E-state index is 10.2. The molecule has 0 saturated heterocycles. The van der Waals surface area contributed by atoms with Crippen molar-refractivity contribution in [3.63, 3.8) is 0 Å². The van der Waals surface area contributed by atoms with E-state index in [9.17, 15) is 7.77 Å². The van der Waals surface area contributed by atoms with Crippen molar-refractivity contribution in [3.8, 4) is 0 Å². The predicted molar refractivity (Wildman–Crippen MR) is 17.0 cm³/mol. The van der Waals surface area contributed by atoms with Gasteiger partial charge < -0.3 is 0 Å². The van der Waals surface area contributed by atoms with Crippen molar-refractivity contribution in [2.45, 2.75) is 0 Å². The van der Waals surface area contributed by atoms with E-state index in [1.807, 2.05) is 0 Å². The van der Waals surface area contributed by atoms with E-state index in [1.54, 1.807) is 0 Å². The van der Waals surface area contributed by atoms with Crippen LogP contribution in [0.1, 0.15) is 0 Å². The van der Waals surface area contributed by atoms with Crippen LogP contribution in [0.15, 0.2) is 0 Å². The molecular formula is HBF2S. The van der Waals surface area contributed by atoms with E-state index in [1.165, 1.54) is 0 Å². The summed E-state index contributed by atoms with van der Waals surface area (Å²) in [6, 6.07) is 0. The van der Waals surface area contributed by atoms with E-state index in [0.29, 0.717) is 0 Å². The Hall–Kier alpha value is 0.275. The molecule has 0 aromatic rings. The maximum atomic E-state index is 10.2. The van der Waals surface area contributed by atoms with Gasteiger partial charge in [0, 0.05) is 0 Å². The second-order valence-electron chi connectivity index (χ2n) is 0.277. The van der Waals surface area contributed by atoms with Gasteiger partial charge in [0.25, 0.3) is 0 Å². The monoisotopic (exact) mass is 81.0 g/mol. The van der Waals surface area contributed by atoms with Gasteiger partial charge >= 0.3 is 25.6 Å². The first-order valence-corrected chi connectivity index (χ1v) is 1.79. The van der Waals surface area contributed by atoms with Crippen molar-refractivity contribution in [2.75, 3.05) is 0 Å². The van der Waals surface area contributed by atoms with Crippen LogP contribution in [0.4, 0.5) is 7.77 Å². The molecule has 0 aromatic heterocycles. The molecule has 0 N–H and O–H groups in total. The summed E-state index contributed by atoms with van der Waals surface area (Å²) < 4.78 is 20.5. The van der Waals surface area contributed by atoms with Gasteiger partial charge in [0.05, 0.1) is 0 Å². The summed E-state index contributed by atoms with van der Waals surface area (Å²) in [4.78, 5) is 0. The fraction of sp³-hybridized carbons (Fsp3) is 0. The van der Waals surface area contributed by atoms with E-state index >= 15 is 0 Å². The van der Waals surface area contributed by atoms with Crippen LogP contribution in [-0.4, -0.2) is 6.72 Å². The van der Waals surface area contributed by atoms with Gasteiger partial charge in [0.1, 0.15) is 0 Å². The van der Waals surface area contributed by atoms with Crippen molar-refractivity contribution >= 4 is 17.8 Å². The molecule has 1 atom stereocenters. The Kier molecular flexibility index (Phi) is 1.69. The zero-order chi connectivity index (χ0) is 3.58. The van der Waals surface area contributed by atoms with Gasteiger partial charge in [-0.3, -0.25) is 0 Å². The summed E-state index contributed by atoms with van der Waals surface area (Å²) in [6.45, 7) is 2.33. The van der Waals surface area contributed by atoms with Gasteiger partial charge in [-0.1, -0.05) is 0 Å². The van der Waals surface area contributed by atoms with Crippen LogP contribution in [0, 0.1) is 0 Å². The van der Waals surface area contributed by atoms with Crippen LogP contribution in [-0.2, 0) is 0 Å². The molecule has 0 amide bonds. The van der Waals surface area contributed by atoms with Crippen molar-refractivity contribution in [1.82, 2.24) is 0 Å². The van der Waals surface area contributed by atoms with E-state index < -0.39 is 11.1 Å². The molecule has 0 fully saturated rings. The Bertz CT molecular complexity index is 29.0. The zero-order valence-electron chi connectivity index (χ0n) is 1.87. The van der Waals surface area contributed by atoms with Gasteiger partial charge in [0.15, 0.2) is 0 Å². The molecule has 0 aromatic carbocycles. The minimum atomic E-state index is -2.61. The molecule has 0 aliphatic rings. The second kappa shape index (κ2) is 1.58. The minimum absolute atomic E-state index is 2.33. The average Bonchev–Trinajstić information content (AvgIpc) is 0.811. The summed E-state index contributed by atoms with van der Waals surface area (Å²) in [7, 11) is 0. The van der Waals surface area contributed by atoms with Crippen molar-refractivity contribution in [3.05, 3.63) is 0 Å². The van der Waals surface area contributed by atoms with Crippen molar-refractivity contribution in [1.29, 1.82) is 0 Å². The molecule has 0 saturated carbocycles. The van der Waals surface area contributed by atoms with Gasteiger partial charge in [0.2, 0.25) is 0 Å². The Morgan fingerprint density at radius 3 is 1.50 bits per heavy atom. The van der Waals surface area contributed by atoms with E-state index in [0.717, 1.165) is 0 Å². The first-order valence-electron chi connectivity index (χ1n) is 0.597. The molecule has 1 unspecified atom stereocenters. The summed E-state index contributed by atoms with van der Waals surface area (Å²) >= 11 is -2.61. The zero-order valence-corrected chi connectivity index (χ0v) is 2.69. The number of hydrogen-bond acceptors (Lipinski definition) is 0. The molecule has 0 rings (SSSR count). The Balaban J connectivity index is 2.80. The van der Waals surface area contributed by atoms with Gasteiger partial charge in [-0.2, -0.15) is 0 Å². The standard InChI is InChI=1S/BF2HS/c1-4(2)3/h1H/i2-1. The third kappa shape index (κ3) is 48.9. The van der Waals surface area contributed by atoms with Gasteiger partial charge in [-0.15, -0.1) is 0 Å². The number of halogens is 2. The molecule has 0 spiro atoms. The molecule has 4 heavy (non-hydrogen) atoms. The Morgan fingerprint density at radius 1 is 1.50 bits per heavy atom. The molecule has 0 radical (unpaired) electrons. The number of rotatable bonds is 0. The first-order chi connectivity index (χ1) is 1.73. The van der Waals surface area contributed by atoms with Crippen LogP contribution in [0.3, 0.4) is 0 Å². The second-order valence-corrected chi connectivity index (χ2v) is 0.830. The van der Waals surface area contributed by atoms with Crippen LogP contribution < -0.4 is 0 Å². The molecule has 0 bridgehead atoms. The predicted octanol–water partition coefficient (Wildman–Crippen LogP) is 0.840. The number of hydrogen-bond donors (Lipinski definition) is 0. The fourth-order valence-corrected chi connectivity index (χ4v) is 0. The summed E-state index contributed by atoms with van der Waals surface area (Å²) in [5.41, 5.74) is 0. The van der Waals surface area contributed by atoms with Gasteiger partial charge in [-0.25, -0.2) is 0 Å². The first kappa shape index (κ1) is 4.27. The van der Waals surface area contributed by atoms with Crippen LogP contribution in [0.2, 0.25) is 0 Å². The SMILES string of the molecule is B=S(F)[18F]. The fourth-order valence-electron chi connectivity index (χ4n) is 0. The summed E-state index contributed by atoms with van der Waals surface area (Å²) in [5.74, 6) is 0. The molecule has 0 aliphatic carbocycles. The molecule has 0 nitrogen and oxygen atoms in total. The normalized spacial score (nSPS) is 15.2. The Labute approximate surface area is 26.6 Å². The molecular weight excluding hydrogens is 79.9 g/mol. The summed E-state index contributed by atoms with van der Waals surface area (Å²) in [6.07, 6.45) is 0. The van der Waals surface area contributed by atoms with Crippen LogP contribution >= 0.6 is 11.1 Å². The van der Waals surface area contributed by atoms with Crippen LogP contribution in [0.5, 0.6) is 0 Å². The van der Waals surface area contributed by atoms with E-state index in [-0.39, 0.29) is 0 Å². The van der Waals surface area contributed by atoms with Gasteiger partial charge in [-0.05, 0) is 0 Å². The van der Waals surface area contributed by atoms with Crippen LogP contribution in [0.25, 0.3) is 0 Å². The van der Waals surface area contributed by atoms with E-state index in [4.69, 9.17) is 0 Å². The van der Waals surface area contributed by atoms with Crippen molar-refractivity contribution < 1.29 is 7.77 Å². The molecule has 0 heterocycles. The quantitative estimate of drug-likeness (QED) is 0.379. The molecule has 0 aliphatic heterocycles. The summed E-state index contributed by atoms with van der Waals surface area (Å²) in [5, 5.41) is 0. The molecule has 4 heteroatoms. The topological polar surface area (TPSA) is 0 Å². The van der Waals surface area contributed by atoms with Crippen molar-refractivity contribution in [2.24, 2.45) is 0 Å². The third-order valence-corrected chi connectivity index (χ3v) is 0. The molecule has 24 valence electrons. The Morgan fingerprint density at radius 2 is 1.50 bits per heavy atom. The third-order valence-electron chi connectivity index (χ3n) is 0. The van der Waals surface area contributed by atoms with E-state index in [2.05, 4.69) is 6.72 Å². The average molecular weight is 80.9 g/mol.